The highest BCUT2D eigenvalue weighted by Crippen LogP contribution is 2.21. The maximum absolute atomic E-state index is 10.8. The van der Waals surface area contributed by atoms with Gasteiger partial charge in [0.25, 0.3) is 0 Å². The average molecular weight is 281 g/mol. The van der Waals surface area contributed by atoms with Crippen molar-refractivity contribution in [3.8, 4) is 5.69 Å². The minimum Gasteiger partial charge on any atom is -0.478 e. The molecule has 5 heteroatoms. The lowest BCUT2D eigenvalue weighted by atomic mass is 10.2. The van der Waals surface area contributed by atoms with E-state index in [1.54, 1.807) is 24.4 Å². The minimum atomic E-state index is -0.944. The Kier molecular flexibility index (Phi) is 2.78. The smallest absolute Gasteiger partial charge is 0.336 e. The zero-order valence-corrected chi connectivity index (χ0v) is 10.1. The minimum absolute atomic E-state index is 0.251. The zero-order chi connectivity index (χ0) is 11.7. The molecule has 0 atom stereocenters. The van der Waals surface area contributed by atoms with Crippen LogP contribution in [0.3, 0.4) is 0 Å². The van der Waals surface area contributed by atoms with E-state index in [0.717, 1.165) is 11.5 Å². The summed E-state index contributed by atoms with van der Waals surface area (Å²) in [7, 11) is 0. The summed E-state index contributed by atoms with van der Waals surface area (Å²) in [5.41, 5.74) is 1.13. The number of carboxylic acid groups (broad SMARTS) is 1. The summed E-state index contributed by atoms with van der Waals surface area (Å²) in [6.07, 6.45) is 3.53. The van der Waals surface area contributed by atoms with Crippen molar-refractivity contribution in [2.24, 2.45) is 0 Å². The van der Waals surface area contributed by atoms with Crippen LogP contribution in [-0.4, -0.2) is 20.6 Å². The van der Waals surface area contributed by atoms with Gasteiger partial charge in [0.15, 0.2) is 0 Å². The van der Waals surface area contributed by atoms with Crippen LogP contribution in [-0.2, 0) is 0 Å². The predicted octanol–water partition coefficient (Wildman–Crippen LogP) is 2.64. The molecule has 0 aliphatic heterocycles. The molecule has 0 fully saturated rings. The van der Waals surface area contributed by atoms with E-state index in [1.165, 1.54) is 0 Å². The number of halogens is 1. The van der Waals surface area contributed by atoms with Crippen molar-refractivity contribution in [3.05, 3.63) is 46.5 Å². The second-order valence-electron chi connectivity index (χ2n) is 3.31. The van der Waals surface area contributed by atoms with E-state index in [2.05, 4.69) is 20.9 Å². The molecule has 0 saturated heterocycles. The summed E-state index contributed by atoms with van der Waals surface area (Å²) in [5.74, 6) is -0.0873. The van der Waals surface area contributed by atoms with Gasteiger partial charge < -0.3 is 9.67 Å². The molecular weight excluding hydrogens is 272 g/mol. The lowest BCUT2D eigenvalue weighted by Gasteiger charge is -2.06. The number of hydrogen-bond acceptors (Lipinski definition) is 2. The molecule has 0 radical (unpaired) electrons. The number of benzene rings is 1. The monoisotopic (exact) mass is 280 g/mol. The Morgan fingerprint density at radius 3 is 2.75 bits per heavy atom. The Bertz CT molecular complexity index is 549. The highest BCUT2D eigenvalue weighted by molar-refractivity contribution is 9.10. The Hall–Kier alpha value is -1.62. The summed E-state index contributed by atoms with van der Waals surface area (Å²) in [5, 5.41) is 8.89. The lowest BCUT2D eigenvalue weighted by Crippen LogP contribution is -2.00. The van der Waals surface area contributed by atoms with E-state index in [1.807, 2.05) is 17.7 Å². The van der Waals surface area contributed by atoms with Crippen LogP contribution < -0.4 is 0 Å². The van der Waals surface area contributed by atoms with Gasteiger partial charge in [0.05, 0.1) is 5.56 Å². The molecule has 4 nitrogen and oxygen atoms in total. The van der Waals surface area contributed by atoms with Crippen LogP contribution in [0.4, 0.5) is 0 Å². The number of aromatic nitrogens is 2. The SMILES string of the molecule is Cc1nccn1-c1ccc(C(=O)O)c(Br)c1. The van der Waals surface area contributed by atoms with Gasteiger partial charge in [-0.15, -0.1) is 0 Å². The maximum atomic E-state index is 10.8. The van der Waals surface area contributed by atoms with Crippen LogP contribution in [0.5, 0.6) is 0 Å². The van der Waals surface area contributed by atoms with Crippen molar-refractivity contribution in [2.45, 2.75) is 6.92 Å². The molecule has 2 rings (SSSR count). The Morgan fingerprint density at radius 2 is 2.25 bits per heavy atom. The van der Waals surface area contributed by atoms with Crippen molar-refractivity contribution in [3.63, 3.8) is 0 Å². The first-order valence-corrected chi connectivity index (χ1v) is 5.42. The maximum Gasteiger partial charge on any atom is 0.336 e. The highest BCUT2D eigenvalue weighted by Gasteiger charge is 2.09. The molecule has 1 N–H and O–H groups in total. The van der Waals surface area contributed by atoms with Crippen LogP contribution in [0.1, 0.15) is 16.2 Å². The summed E-state index contributed by atoms with van der Waals surface area (Å²) in [6.45, 7) is 1.89. The largest absolute Gasteiger partial charge is 0.478 e. The van der Waals surface area contributed by atoms with Gasteiger partial charge in [-0.05, 0) is 41.1 Å². The third kappa shape index (κ3) is 1.86. The molecule has 0 unspecified atom stereocenters. The molecule has 16 heavy (non-hydrogen) atoms. The van der Waals surface area contributed by atoms with Gasteiger partial charge in [0.2, 0.25) is 0 Å². The molecule has 0 aliphatic carbocycles. The van der Waals surface area contributed by atoms with Crippen molar-refractivity contribution >= 4 is 21.9 Å². The fraction of sp³-hybridized carbons (Fsp3) is 0.0909. The Balaban J connectivity index is 2.50. The van der Waals surface area contributed by atoms with Crippen LogP contribution in [0.25, 0.3) is 5.69 Å². The number of imidazole rings is 1. The lowest BCUT2D eigenvalue weighted by molar-refractivity contribution is 0.0696. The van der Waals surface area contributed by atoms with Crippen molar-refractivity contribution in [1.29, 1.82) is 0 Å². The first kappa shape index (κ1) is 10.9. The Labute approximate surface area is 101 Å². The van der Waals surface area contributed by atoms with Gasteiger partial charge in [-0.2, -0.15) is 0 Å². The molecule has 0 bridgehead atoms. The average Bonchev–Trinajstić information content (AvgIpc) is 2.63. The van der Waals surface area contributed by atoms with Crippen molar-refractivity contribution in [2.75, 3.05) is 0 Å². The van der Waals surface area contributed by atoms with Crippen LogP contribution in [0, 0.1) is 6.92 Å². The van der Waals surface area contributed by atoms with Gasteiger partial charge in [-0.1, -0.05) is 0 Å². The molecule has 0 amide bonds. The summed E-state index contributed by atoms with van der Waals surface area (Å²) >= 11 is 3.24. The first-order valence-electron chi connectivity index (χ1n) is 4.63. The number of hydrogen-bond donors (Lipinski definition) is 1. The van der Waals surface area contributed by atoms with Gasteiger partial charge in [-0.3, -0.25) is 0 Å². The second-order valence-corrected chi connectivity index (χ2v) is 4.17. The van der Waals surface area contributed by atoms with E-state index in [-0.39, 0.29) is 5.56 Å². The number of rotatable bonds is 2. The summed E-state index contributed by atoms with van der Waals surface area (Å²) in [4.78, 5) is 14.9. The topological polar surface area (TPSA) is 55.1 Å². The third-order valence-electron chi connectivity index (χ3n) is 2.29. The number of nitrogens with zero attached hydrogens (tertiary/aromatic N) is 2. The fourth-order valence-electron chi connectivity index (χ4n) is 1.48. The summed E-state index contributed by atoms with van der Waals surface area (Å²) < 4.78 is 2.45. The van der Waals surface area contributed by atoms with Gasteiger partial charge in [0.1, 0.15) is 5.82 Å². The van der Waals surface area contributed by atoms with E-state index in [4.69, 9.17) is 5.11 Å². The van der Waals surface area contributed by atoms with Gasteiger partial charge in [-0.25, -0.2) is 9.78 Å². The summed E-state index contributed by atoms with van der Waals surface area (Å²) in [6, 6.07) is 5.09. The zero-order valence-electron chi connectivity index (χ0n) is 8.51. The molecular formula is C11H9BrN2O2. The molecule has 2 aromatic rings. The quantitative estimate of drug-likeness (QED) is 0.920. The number of aromatic carboxylic acids is 1. The van der Waals surface area contributed by atoms with Gasteiger partial charge in [0, 0.05) is 22.6 Å². The van der Waals surface area contributed by atoms with Crippen molar-refractivity contribution in [1.82, 2.24) is 9.55 Å². The third-order valence-corrected chi connectivity index (χ3v) is 2.94. The van der Waals surface area contributed by atoms with E-state index >= 15 is 0 Å². The second kappa shape index (κ2) is 4.09. The molecule has 0 spiro atoms. The standard InChI is InChI=1S/C11H9BrN2O2/c1-7-13-4-5-14(7)8-2-3-9(11(15)16)10(12)6-8/h2-6H,1H3,(H,15,16). The van der Waals surface area contributed by atoms with E-state index in [9.17, 15) is 4.79 Å². The predicted molar refractivity (Wildman–Crippen MR) is 63.0 cm³/mol. The van der Waals surface area contributed by atoms with E-state index < -0.39 is 5.97 Å². The fourth-order valence-corrected chi connectivity index (χ4v) is 2.01. The van der Waals surface area contributed by atoms with Crippen LogP contribution in [0.15, 0.2) is 35.1 Å². The molecule has 0 aliphatic rings. The number of carbonyl (C=O) groups is 1. The molecule has 1 heterocycles. The number of carboxylic acids is 1. The van der Waals surface area contributed by atoms with Crippen LogP contribution >= 0.6 is 15.9 Å². The molecule has 0 saturated carbocycles. The van der Waals surface area contributed by atoms with Crippen LogP contribution in [0.2, 0.25) is 0 Å². The molecule has 82 valence electrons. The molecule has 1 aromatic carbocycles. The van der Waals surface area contributed by atoms with Crippen molar-refractivity contribution < 1.29 is 9.90 Å². The first-order chi connectivity index (χ1) is 7.59. The highest BCUT2D eigenvalue weighted by atomic mass is 79.9. The normalized spacial score (nSPS) is 10.4. The number of aryl methyl sites for hydroxylation is 1. The van der Waals surface area contributed by atoms with E-state index in [0.29, 0.717) is 4.47 Å². The van der Waals surface area contributed by atoms with Gasteiger partial charge >= 0.3 is 5.97 Å². The molecule has 1 aromatic heterocycles. The Morgan fingerprint density at radius 1 is 1.50 bits per heavy atom.